The number of aromatic nitrogens is 2. The first-order valence-corrected chi connectivity index (χ1v) is 16.3. The number of carbonyl (C=O) groups excluding carboxylic acids is 1. The number of nitrogens with one attached hydrogen (secondary N) is 2. The van der Waals surface area contributed by atoms with Crippen LogP contribution in [0.1, 0.15) is 46.6 Å². The van der Waals surface area contributed by atoms with E-state index < -0.39 is 6.29 Å². The third-order valence-corrected chi connectivity index (χ3v) is 8.73. The summed E-state index contributed by atoms with van der Waals surface area (Å²) < 4.78 is 15.3. The van der Waals surface area contributed by atoms with Crippen LogP contribution in [0, 0.1) is 0 Å². The predicted octanol–water partition coefficient (Wildman–Crippen LogP) is 7.44. The van der Waals surface area contributed by atoms with E-state index in [-0.39, 0.29) is 24.8 Å². The minimum atomic E-state index is -0.556. The molecule has 3 N–H and O–H groups in total. The fraction of sp³-hybridized carbons (Fsp3) is 0.200. The van der Waals surface area contributed by atoms with Gasteiger partial charge in [-0.05, 0) is 51.6 Å². The summed E-state index contributed by atoms with van der Waals surface area (Å²) >= 11 is 0. The fourth-order valence-electron chi connectivity index (χ4n) is 6.12. The number of imidazole rings is 1. The summed E-state index contributed by atoms with van der Waals surface area (Å²) in [6.45, 7) is 1.55. The lowest BCUT2D eigenvalue weighted by Gasteiger charge is -2.36. The Balaban J connectivity index is 1.04. The molecule has 1 aromatic heterocycles. The van der Waals surface area contributed by atoms with E-state index >= 15 is 0 Å². The Labute approximate surface area is 280 Å². The molecule has 3 unspecified atom stereocenters. The summed E-state index contributed by atoms with van der Waals surface area (Å²) in [5.41, 5.74) is 9.06. The molecule has 242 valence electrons. The maximum absolute atomic E-state index is 12.4. The standard InChI is InChI=1S/C40H38N4O4/c45-26-29-13-15-32(16-14-29)38-22-35(25-44-27-43-36-11-4-5-12-37(36)44)47-39(48-38)33-19-17-31(18-20-33)34-10-6-9-30(21-34)24-42-40(46)41-23-28-7-2-1-3-8-28/h1-21,27,35,38-39,45H,22-26H2,(H2,41,42,46). The first kappa shape index (κ1) is 31.3. The number of aliphatic hydroxyl groups is 1. The van der Waals surface area contributed by atoms with Gasteiger partial charge in [0.2, 0.25) is 0 Å². The maximum atomic E-state index is 12.4. The highest BCUT2D eigenvalue weighted by Crippen LogP contribution is 2.39. The van der Waals surface area contributed by atoms with Crippen LogP contribution in [0.15, 0.2) is 134 Å². The molecule has 48 heavy (non-hydrogen) atoms. The molecule has 0 aliphatic carbocycles. The average Bonchev–Trinajstić information content (AvgIpc) is 3.56. The van der Waals surface area contributed by atoms with Gasteiger partial charge in [-0.15, -0.1) is 0 Å². The third-order valence-electron chi connectivity index (χ3n) is 8.73. The van der Waals surface area contributed by atoms with Crippen LogP contribution in [-0.4, -0.2) is 26.8 Å². The van der Waals surface area contributed by atoms with Crippen LogP contribution in [0.25, 0.3) is 22.2 Å². The molecule has 1 aliphatic rings. The van der Waals surface area contributed by atoms with Crippen molar-refractivity contribution in [3.05, 3.63) is 162 Å². The largest absolute Gasteiger partial charge is 0.392 e. The number of carbonyl (C=O) groups is 1. The van der Waals surface area contributed by atoms with E-state index in [1.54, 1.807) is 0 Å². The van der Waals surface area contributed by atoms with Crippen molar-refractivity contribution in [1.82, 2.24) is 20.2 Å². The first-order valence-electron chi connectivity index (χ1n) is 16.3. The number of ether oxygens (including phenoxy) is 2. The number of benzene rings is 5. The van der Waals surface area contributed by atoms with Crippen molar-refractivity contribution in [3.63, 3.8) is 0 Å². The number of hydrogen-bond acceptors (Lipinski definition) is 5. The Morgan fingerprint density at radius 2 is 1.44 bits per heavy atom. The Kier molecular flexibility index (Phi) is 9.56. The van der Waals surface area contributed by atoms with E-state index in [1.807, 2.05) is 91.3 Å². The van der Waals surface area contributed by atoms with Gasteiger partial charge in [-0.3, -0.25) is 0 Å². The van der Waals surface area contributed by atoms with Crippen LogP contribution in [0.5, 0.6) is 0 Å². The molecule has 1 saturated heterocycles. The molecule has 0 saturated carbocycles. The van der Waals surface area contributed by atoms with Crippen molar-refractivity contribution in [2.45, 2.75) is 51.2 Å². The minimum absolute atomic E-state index is 0.00370. The van der Waals surface area contributed by atoms with E-state index in [4.69, 9.17) is 9.47 Å². The second-order valence-corrected chi connectivity index (χ2v) is 12.1. The molecule has 2 heterocycles. The SMILES string of the molecule is O=C(NCc1ccccc1)NCc1cccc(-c2ccc(C3OC(Cn4cnc5ccccc54)CC(c4ccc(CO)cc4)O3)cc2)c1. The van der Waals surface area contributed by atoms with Gasteiger partial charge in [0.05, 0.1) is 42.7 Å². The molecule has 7 rings (SSSR count). The van der Waals surface area contributed by atoms with Crippen LogP contribution in [-0.2, 0) is 35.7 Å². The highest BCUT2D eigenvalue weighted by molar-refractivity contribution is 5.75. The zero-order chi connectivity index (χ0) is 32.7. The molecule has 3 atom stereocenters. The summed E-state index contributed by atoms with van der Waals surface area (Å²) in [6.07, 6.45) is 1.71. The topological polar surface area (TPSA) is 97.6 Å². The Morgan fingerprint density at radius 3 is 2.23 bits per heavy atom. The van der Waals surface area contributed by atoms with E-state index in [2.05, 4.69) is 62.6 Å². The Hall–Kier alpha value is -5.28. The minimum Gasteiger partial charge on any atom is -0.392 e. The lowest BCUT2D eigenvalue weighted by Crippen LogP contribution is -2.34. The molecule has 1 fully saturated rings. The second kappa shape index (κ2) is 14.6. The van der Waals surface area contributed by atoms with Crippen molar-refractivity contribution in [3.8, 4) is 11.1 Å². The molecule has 0 radical (unpaired) electrons. The smallest absolute Gasteiger partial charge is 0.315 e. The summed E-state index contributed by atoms with van der Waals surface area (Å²) in [5.74, 6) is 0. The zero-order valence-electron chi connectivity index (χ0n) is 26.5. The van der Waals surface area contributed by atoms with Crippen molar-refractivity contribution in [2.75, 3.05) is 0 Å². The summed E-state index contributed by atoms with van der Waals surface area (Å²) in [6, 6.07) is 42.2. The molecular formula is C40H38N4O4. The second-order valence-electron chi connectivity index (χ2n) is 12.1. The van der Waals surface area contributed by atoms with Gasteiger partial charge in [-0.2, -0.15) is 0 Å². The number of urea groups is 1. The summed E-state index contributed by atoms with van der Waals surface area (Å²) in [4.78, 5) is 17.0. The third kappa shape index (κ3) is 7.47. The first-order chi connectivity index (χ1) is 23.6. The van der Waals surface area contributed by atoms with Gasteiger partial charge in [-0.25, -0.2) is 9.78 Å². The molecule has 0 spiro atoms. The van der Waals surface area contributed by atoms with Crippen molar-refractivity contribution in [2.24, 2.45) is 0 Å². The number of nitrogens with zero attached hydrogens (tertiary/aromatic N) is 2. The predicted molar refractivity (Wildman–Crippen MR) is 186 cm³/mol. The number of aliphatic hydroxyl groups excluding tert-OH is 1. The van der Waals surface area contributed by atoms with E-state index in [1.165, 1.54) is 0 Å². The maximum Gasteiger partial charge on any atom is 0.315 e. The highest BCUT2D eigenvalue weighted by atomic mass is 16.7. The van der Waals surface area contributed by atoms with Crippen molar-refractivity contribution < 1.29 is 19.4 Å². The Bertz CT molecular complexity index is 1960. The van der Waals surface area contributed by atoms with Gasteiger partial charge >= 0.3 is 6.03 Å². The quantitative estimate of drug-likeness (QED) is 0.145. The van der Waals surface area contributed by atoms with Crippen LogP contribution < -0.4 is 10.6 Å². The van der Waals surface area contributed by atoms with Gasteiger partial charge in [-0.1, -0.05) is 109 Å². The average molecular weight is 639 g/mol. The van der Waals surface area contributed by atoms with Gasteiger partial charge in [0.1, 0.15) is 0 Å². The molecule has 1 aliphatic heterocycles. The normalized spacial score (nSPS) is 17.6. The van der Waals surface area contributed by atoms with Gasteiger partial charge in [0.25, 0.3) is 0 Å². The van der Waals surface area contributed by atoms with Crippen LogP contribution in [0.3, 0.4) is 0 Å². The van der Waals surface area contributed by atoms with Crippen LogP contribution >= 0.6 is 0 Å². The van der Waals surface area contributed by atoms with Crippen LogP contribution in [0.4, 0.5) is 4.79 Å². The lowest BCUT2D eigenvalue weighted by atomic mass is 9.99. The molecule has 2 amide bonds. The Morgan fingerprint density at radius 1 is 0.729 bits per heavy atom. The fourth-order valence-corrected chi connectivity index (χ4v) is 6.12. The molecule has 8 heteroatoms. The number of fused-ring (bicyclic) bond motifs is 1. The number of rotatable bonds is 10. The molecule has 5 aromatic carbocycles. The van der Waals surface area contributed by atoms with E-state index in [0.29, 0.717) is 26.1 Å². The highest BCUT2D eigenvalue weighted by Gasteiger charge is 2.32. The molecular weight excluding hydrogens is 600 g/mol. The van der Waals surface area contributed by atoms with E-state index in [0.717, 1.165) is 50.0 Å². The number of amides is 2. The summed E-state index contributed by atoms with van der Waals surface area (Å²) in [7, 11) is 0. The summed E-state index contributed by atoms with van der Waals surface area (Å²) in [5, 5.41) is 15.4. The zero-order valence-corrected chi connectivity index (χ0v) is 26.5. The lowest BCUT2D eigenvalue weighted by molar-refractivity contribution is -0.252. The van der Waals surface area contributed by atoms with Crippen LogP contribution in [0.2, 0.25) is 0 Å². The van der Waals surface area contributed by atoms with E-state index in [9.17, 15) is 9.90 Å². The molecule has 6 aromatic rings. The number of para-hydroxylation sites is 2. The molecule has 8 nitrogen and oxygen atoms in total. The van der Waals surface area contributed by atoms with Gasteiger partial charge in [0, 0.05) is 25.1 Å². The monoisotopic (exact) mass is 638 g/mol. The van der Waals surface area contributed by atoms with Crippen molar-refractivity contribution >= 4 is 17.1 Å². The van der Waals surface area contributed by atoms with Gasteiger partial charge in [0.15, 0.2) is 6.29 Å². The molecule has 0 bridgehead atoms. The van der Waals surface area contributed by atoms with Gasteiger partial charge < -0.3 is 29.8 Å². The van der Waals surface area contributed by atoms with Crippen molar-refractivity contribution in [1.29, 1.82) is 0 Å². The number of hydrogen-bond donors (Lipinski definition) is 3.